The van der Waals surface area contributed by atoms with E-state index in [2.05, 4.69) is 10.3 Å². The van der Waals surface area contributed by atoms with E-state index >= 15 is 0 Å². The summed E-state index contributed by atoms with van der Waals surface area (Å²) in [5, 5.41) is 3.86. The Balaban J connectivity index is 2.11. The third-order valence-electron chi connectivity index (χ3n) is 3.52. The number of hydrogen-bond donors (Lipinski definition) is 1. The molecule has 0 aliphatic carbocycles. The molecule has 0 amide bonds. The smallest absolute Gasteiger partial charge is 0.243 e. The van der Waals surface area contributed by atoms with Crippen LogP contribution in [0.4, 0.5) is 0 Å². The van der Waals surface area contributed by atoms with E-state index in [0.29, 0.717) is 37.0 Å². The van der Waals surface area contributed by atoms with Gasteiger partial charge >= 0.3 is 0 Å². The van der Waals surface area contributed by atoms with Crippen molar-refractivity contribution in [2.45, 2.75) is 4.90 Å². The molecule has 1 N–H and O–H groups in total. The van der Waals surface area contributed by atoms with Crippen LogP contribution in [0.5, 0.6) is 5.88 Å². The quantitative estimate of drug-likeness (QED) is 0.909. The molecule has 1 aromatic carbocycles. The Morgan fingerprint density at radius 1 is 1.29 bits per heavy atom. The van der Waals surface area contributed by atoms with Gasteiger partial charge in [-0.15, -0.1) is 0 Å². The highest BCUT2D eigenvalue weighted by Gasteiger charge is 2.27. The third kappa shape index (κ3) is 2.48. The normalized spacial score (nSPS) is 19.7. The molecule has 1 aliphatic rings. The molecular weight excluding hydrogens is 290 g/mol. The zero-order chi connectivity index (χ0) is 17.4. The molecular formula is C14H17N3O3S. The SMILES string of the molecule is [2H]C([2H])([2H])Oc1nccc2c(S(=O)(=O)N3CCNCC3)cccc12. The fourth-order valence-electron chi connectivity index (χ4n) is 2.48. The first-order valence-electron chi connectivity index (χ1n) is 8.07. The molecule has 1 saturated heterocycles. The van der Waals surface area contributed by atoms with Gasteiger partial charge in [0.05, 0.1) is 16.0 Å². The number of methoxy groups -OCH3 is 1. The highest BCUT2D eigenvalue weighted by Crippen LogP contribution is 2.30. The lowest BCUT2D eigenvalue weighted by Gasteiger charge is -2.27. The summed E-state index contributed by atoms with van der Waals surface area (Å²) in [6, 6.07) is 6.22. The summed E-state index contributed by atoms with van der Waals surface area (Å²) < 4.78 is 53.8. The Morgan fingerprint density at radius 2 is 2.10 bits per heavy atom. The minimum atomic E-state index is -3.68. The minimum Gasteiger partial charge on any atom is -0.481 e. The number of nitrogens with one attached hydrogen (secondary N) is 1. The molecule has 1 fully saturated rings. The van der Waals surface area contributed by atoms with Gasteiger partial charge < -0.3 is 10.1 Å². The van der Waals surface area contributed by atoms with Crippen molar-refractivity contribution in [1.29, 1.82) is 0 Å². The Bertz CT molecular complexity index is 849. The Morgan fingerprint density at radius 3 is 2.86 bits per heavy atom. The zero-order valence-corrected chi connectivity index (χ0v) is 12.1. The Labute approximate surface area is 128 Å². The predicted molar refractivity (Wildman–Crippen MR) is 79.9 cm³/mol. The van der Waals surface area contributed by atoms with Gasteiger partial charge in [0.15, 0.2) is 0 Å². The fourth-order valence-corrected chi connectivity index (χ4v) is 4.13. The number of sulfonamides is 1. The van der Waals surface area contributed by atoms with Crippen LogP contribution in [0.1, 0.15) is 4.11 Å². The number of hydrogen-bond acceptors (Lipinski definition) is 5. The van der Waals surface area contributed by atoms with Crippen molar-refractivity contribution >= 4 is 20.8 Å². The van der Waals surface area contributed by atoms with Crippen LogP contribution >= 0.6 is 0 Å². The number of pyridine rings is 1. The molecule has 2 aromatic rings. The van der Waals surface area contributed by atoms with Crippen LogP contribution in [0, 0.1) is 0 Å². The summed E-state index contributed by atoms with van der Waals surface area (Å²) in [4.78, 5) is 4.05. The van der Waals surface area contributed by atoms with E-state index in [1.165, 1.54) is 16.6 Å². The molecule has 6 nitrogen and oxygen atoms in total. The monoisotopic (exact) mass is 310 g/mol. The Kier molecular flexibility index (Phi) is 2.91. The molecule has 21 heavy (non-hydrogen) atoms. The summed E-state index contributed by atoms with van der Waals surface area (Å²) in [6.45, 7) is 1.97. The summed E-state index contributed by atoms with van der Waals surface area (Å²) in [5.41, 5.74) is 0. The van der Waals surface area contributed by atoms with Crippen molar-refractivity contribution in [2.24, 2.45) is 0 Å². The summed E-state index contributed by atoms with van der Waals surface area (Å²) in [7, 11) is -6.34. The summed E-state index contributed by atoms with van der Waals surface area (Å²) in [6.07, 6.45) is 1.35. The van der Waals surface area contributed by atoms with Gasteiger partial charge in [-0.1, -0.05) is 6.07 Å². The molecule has 0 spiro atoms. The van der Waals surface area contributed by atoms with Crippen LogP contribution in [-0.4, -0.2) is 50.9 Å². The van der Waals surface area contributed by atoms with Crippen LogP contribution < -0.4 is 10.1 Å². The average Bonchev–Trinajstić information content (AvgIpc) is 2.54. The molecule has 1 aromatic heterocycles. The van der Waals surface area contributed by atoms with Crippen molar-refractivity contribution in [2.75, 3.05) is 33.2 Å². The second-order valence-electron chi connectivity index (χ2n) is 4.72. The van der Waals surface area contributed by atoms with E-state index in [0.717, 1.165) is 0 Å². The van der Waals surface area contributed by atoms with Crippen LogP contribution in [0.2, 0.25) is 0 Å². The van der Waals surface area contributed by atoms with Crippen molar-refractivity contribution in [3.8, 4) is 5.88 Å². The lowest BCUT2D eigenvalue weighted by Crippen LogP contribution is -2.46. The highest BCUT2D eigenvalue weighted by atomic mass is 32.2. The molecule has 1 aliphatic heterocycles. The van der Waals surface area contributed by atoms with Crippen molar-refractivity contribution in [1.82, 2.24) is 14.6 Å². The maximum Gasteiger partial charge on any atom is 0.243 e. The third-order valence-corrected chi connectivity index (χ3v) is 5.48. The highest BCUT2D eigenvalue weighted by molar-refractivity contribution is 7.89. The van der Waals surface area contributed by atoms with Crippen LogP contribution in [-0.2, 0) is 10.0 Å². The maximum absolute atomic E-state index is 12.9. The molecule has 112 valence electrons. The number of benzene rings is 1. The lowest BCUT2D eigenvalue weighted by molar-refractivity contribution is 0.360. The van der Waals surface area contributed by atoms with Gasteiger partial charge in [0.25, 0.3) is 0 Å². The summed E-state index contributed by atoms with van der Waals surface area (Å²) >= 11 is 0. The molecule has 3 rings (SSSR count). The van der Waals surface area contributed by atoms with E-state index in [9.17, 15) is 8.42 Å². The largest absolute Gasteiger partial charge is 0.481 e. The van der Waals surface area contributed by atoms with E-state index in [4.69, 9.17) is 8.85 Å². The number of fused-ring (bicyclic) bond motifs is 1. The van der Waals surface area contributed by atoms with Gasteiger partial charge in [-0.25, -0.2) is 13.4 Å². The second kappa shape index (κ2) is 5.59. The first-order chi connectivity index (χ1) is 11.3. The number of aromatic nitrogens is 1. The molecule has 0 radical (unpaired) electrons. The van der Waals surface area contributed by atoms with E-state index < -0.39 is 17.1 Å². The summed E-state index contributed by atoms with van der Waals surface area (Å²) in [5.74, 6) is -0.107. The minimum absolute atomic E-state index is 0.107. The molecule has 0 bridgehead atoms. The van der Waals surface area contributed by atoms with Crippen LogP contribution in [0.3, 0.4) is 0 Å². The fraction of sp³-hybridized carbons (Fsp3) is 0.357. The van der Waals surface area contributed by atoms with Crippen LogP contribution in [0.15, 0.2) is 35.4 Å². The standard InChI is InChI=1S/C14H17N3O3S/c1-20-14-12-3-2-4-13(11(12)5-6-16-14)21(18,19)17-9-7-15-8-10-17/h2-6,15H,7-10H2,1H3/i1D3. The molecule has 0 unspecified atom stereocenters. The van der Waals surface area contributed by atoms with E-state index in [-0.39, 0.29) is 10.8 Å². The van der Waals surface area contributed by atoms with Crippen molar-refractivity contribution in [3.05, 3.63) is 30.5 Å². The van der Waals surface area contributed by atoms with Gasteiger partial charge in [-0.05, 0) is 18.2 Å². The van der Waals surface area contributed by atoms with Crippen molar-refractivity contribution in [3.63, 3.8) is 0 Å². The number of nitrogens with zero attached hydrogens (tertiary/aromatic N) is 2. The first kappa shape index (κ1) is 10.9. The van der Waals surface area contributed by atoms with Gasteiger partial charge in [0.1, 0.15) is 0 Å². The number of rotatable bonds is 3. The van der Waals surface area contributed by atoms with Gasteiger partial charge in [0, 0.05) is 43.1 Å². The van der Waals surface area contributed by atoms with E-state index in [1.54, 1.807) is 18.2 Å². The van der Waals surface area contributed by atoms with Crippen molar-refractivity contribution < 1.29 is 17.3 Å². The molecule has 7 heteroatoms. The van der Waals surface area contributed by atoms with Crippen LogP contribution in [0.25, 0.3) is 10.8 Å². The lowest BCUT2D eigenvalue weighted by atomic mass is 10.2. The number of ether oxygens (including phenoxy) is 1. The second-order valence-corrected chi connectivity index (χ2v) is 6.63. The van der Waals surface area contributed by atoms with Gasteiger partial charge in [-0.3, -0.25) is 0 Å². The molecule has 0 saturated carbocycles. The zero-order valence-electron chi connectivity index (χ0n) is 14.2. The number of piperazine rings is 1. The maximum atomic E-state index is 12.9. The Hall–Kier alpha value is -1.70. The topological polar surface area (TPSA) is 71.5 Å². The van der Waals surface area contributed by atoms with Gasteiger partial charge in [-0.2, -0.15) is 4.31 Å². The predicted octanol–water partition coefficient (Wildman–Crippen LogP) is 0.837. The first-order valence-corrected chi connectivity index (χ1v) is 8.01. The van der Waals surface area contributed by atoms with E-state index in [1.807, 2.05) is 0 Å². The van der Waals surface area contributed by atoms with Gasteiger partial charge in [0.2, 0.25) is 15.9 Å². The average molecular weight is 310 g/mol. The molecule has 2 heterocycles. The molecule has 0 atom stereocenters.